The molecule has 0 fully saturated rings. The Kier molecular flexibility index (Phi) is 3.32. The summed E-state index contributed by atoms with van der Waals surface area (Å²) in [6.07, 6.45) is 0. The van der Waals surface area contributed by atoms with Crippen LogP contribution in [0.15, 0.2) is 36.4 Å². The molecule has 0 aliphatic rings. The second-order valence-electron chi connectivity index (χ2n) is 4.12. The van der Waals surface area contributed by atoms with Crippen LogP contribution in [0.25, 0.3) is 10.2 Å². The lowest BCUT2D eigenvalue weighted by Gasteiger charge is -2.09. The maximum absolute atomic E-state index is 6.05. The second-order valence-corrected chi connectivity index (χ2v) is 6.52. The number of anilines is 1. The topological polar surface area (TPSA) is 48.1 Å². The average molecular weight is 382 g/mol. The van der Waals surface area contributed by atoms with E-state index in [0.29, 0.717) is 11.4 Å². The van der Waals surface area contributed by atoms with Crippen molar-refractivity contribution < 1.29 is 4.74 Å². The molecule has 2 N–H and O–H groups in total. The number of ether oxygens (including phenoxy) is 1. The molecule has 0 bridgehead atoms. The number of benzene rings is 2. The van der Waals surface area contributed by atoms with Crippen LogP contribution in [0, 0.1) is 10.5 Å². The van der Waals surface area contributed by atoms with Crippen LogP contribution < -0.4 is 10.5 Å². The Bertz CT molecular complexity index is 754. The van der Waals surface area contributed by atoms with E-state index in [2.05, 4.69) is 27.6 Å². The molecule has 2 aromatic carbocycles. The molecule has 1 aromatic heterocycles. The molecule has 96 valence electrons. The number of rotatable bonds is 2. The molecule has 19 heavy (non-hydrogen) atoms. The molecule has 0 atom stereocenters. The minimum absolute atomic E-state index is 0.635. The van der Waals surface area contributed by atoms with Crippen molar-refractivity contribution in [1.29, 1.82) is 0 Å². The van der Waals surface area contributed by atoms with E-state index < -0.39 is 0 Å². The molecule has 3 rings (SSSR count). The van der Waals surface area contributed by atoms with Gasteiger partial charge in [0.05, 0.1) is 24.5 Å². The Morgan fingerprint density at radius 1 is 1.21 bits per heavy atom. The monoisotopic (exact) mass is 382 g/mol. The first-order chi connectivity index (χ1) is 9.13. The van der Waals surface area contributed by atoms with Crippen LogP contribution in [-0.2, 0) is 0 Å². The summed E-state index contributed by atoms with van der Waals surface area (Å²) in [5.41, 5.74) is 7.61. The minimum Gasteiger partial charge on any atom is -0.454 e. The van der Waals surface area contributed by atoms with Gasteiger partial charge in [0.25, 0.3) is 0 Å². The van der Waals surface area contributed by atoms with Crippen molar-refractivity contribution in [3.8, 4) is 11.5 Å². The van der Waals surface area contributed by atoms with Crippen LogP contribution in [0.1, 0.15) is 5.01 Å². The van der Waals surface area contributed by atoms with Gasteiger partial charge in [-0.15, -0.1) is 11.3 Å². The number of nitrogen functional groups attached to an aromatic ring is 1. The molecule has 3 aromatic rings. The number of aryl methyl sites for hydroxylation is 1. The highest BCUT2D eigenvalue weighted by molar-refractivity contribution is 14.1. The molecule has 3 nitrogen and oxygen atoms in total. The van der Waals surface area contributed by atoms with E-state index in [1.807, 2.05) is 43.3 Å². The van der Waals surface area contributed by atoms with Gasteiger partial charge < -0.3 is 10.5 Å². The fourth-order valence-corrected chi connectivity index (χ4v) is 3.17. The number of thiazole rings is 1. The highest BCUT2D eigenvalue weighted by Gasteiger charge is 2.09. The largest absolute Gasteiger partial charge is 0.454 e. The van der Waals surface area contributed by atoms with Crippen molar-refractivity contribution >= 4 is 49.8 Å². The molecular weight excluding hydrogens is 371 g/mol. The number of nitrogens with two attached hydrogens (primary N) is 1. The molecule has 0 aliphatic heterocycles. The molecule has 0 saturated heterocycles. The van der Waals surface area contributed by atoms with Gasteiger partial charge in [-0.2, -0.15) is 0 Å². The summed E-state index contributed by atoms with van der Waals surface area (Å²) in [5.74, 6) is 1.46. The summed E-state index contributed by atoms with van der Waals surface area (Å²) >= 11 is 3.88. The van der Waals surface area contributed by atoms with E-state index in [1.165, 1.54) is 0 Å². The van der Waals surface area contributed by atoms with Crippen molar-refractivity contribution in [1.82, 2.24) is 4.98 Å². The summed E-state index contributed by atoms with van der Waals surface area (Å²) in [5, 5.41) is 1.03. The van der Waals surface area contributed by atoms with Gasteiger partial charge in [0.15, 0.2) is 5.75 Å². The van der Waals surface area contributed by atoms with Gasteiger partial charge in [-0.3, -0.25) is 0 Å². The summed E-state index contributed by atoms with van der Waals surface area (Å²) < 4.78 is 8.03. The lowest BCUT2D eigenvalue weighted by molar-refractivity contribution is 0.482. The molecule has 1 heterocycles. The van der Waals surface area contributed by atoms with Crippen LogP contribution in [0.3, 0.4) is 0 Å². The van der Waals surface area contributed by atoms with E-state index in [9.17, 15) is 0 Å². The Labute approximate surface area is 128 Å². The standard InChI is InChI=1S/C14H11IN2OS/c1-8-17-11-7-13(10(16)6-14(11)19-8)18-12-5-3-2-4-9(12)15/h2-7H,16H2,1H3. The van der Waals surface area contributed by atoms with Gasteiger partial charge in [-0.05, 0) is 47.7 Å². The SMILES string of the molecule is Cc1nc2cc(Oc3ccccc3I)c(N)cc2s1. The van der Waals surface area contributed by atoms with Crippen LogP contribution in [0.4, 0.5) is 5.69 Å². The Morgan fingerprint density at radius 2 is 2.00 bits per heavy atom. The molecule has 0 aliphatic carbocycles. The van der Waals surface area contributed by atoms with Gasteiger partial charge in [-0.1, -0.05) is 12.1 Å². The number of aromatic nitrogens is 1. The van der Waals surface area contributed by atoms with Crippen LogP contribution >= 0.6 is 33.9 Å². The highest BCUT2D eigenvalue weighted by Crippen LogP contribution is 2.35. The number of fused-ring (bicyclic) bond motifs is 1. The summed E-state index contributed by atoms with van der Waals surface area (Å²) in [6, 6.07) is 11.7. The highest BCUT2D eigenvalue weighted by atomic mass is 127. The van der Waals surface area contributed by atoms with Crippen molar-refractivity contribution in [2.75, 3.05) is 5.73 Å². The van der Waals surface area contributed by atoms with Crippen LogP contribution in [0.2, 0.25) is 0 Å². The van der Waals surface area contributed by atoms with Crippen molar-refractivity contribution in [3.05, 3.63) is 45.0 Å². The first kappa shape index (κ1) is 12.7. The summed E-state index contributed by atoms with van der Waals surface area (Å²) in [6.45, 7) is 1.99. The number of para-hydroxylation sites is 1. The van der Waals surface area contributed by atoms with Gasteiger partial charge >= 0.3 is 0 Å². The van der Waals surface area contributed by atoms with Gasteiger partial charge in [-0.25, -0.2) is 4.98 Å². The van der Waals surface area contributed by atoms with E-state index >= 15 is 0 Å². The number of nitrogens with zero attached hydrogens (tertiary/aromatic N) is 1. The average Bonchev–Trinajstić information content (AvgIpc) is 2.71. The quantitative estimate of drug-likeness (QED) is 0.521. The smallest absolute Gasteiger partial charge is 0.152 e. The third-order valence-corrected chi connectivity index (χ3v) is 4.51. The number of halogens is 1. The lowest BCUT2D eigenvalue weighted by atomic mass is 10.2. The zero-order valence-electron chi connectivity index (χ0n) is 10.2. The van der Waals surface area contributed by atoms with E-state index in [0.717, 1.165) is 24.5 Å². The zero-order valence-corrected chi connectivity index (χ0v) is 13.2. The zero-order chi connectivity index (χ0) is 13.4. The third-order valence-electron chi connectivity index (χ3n) is 2.68. The normalized spacial score (nSPS) is 10.8. The van der Waals surface area contributed by atoms with E-state index in [1.54, 1.807) is 11.3 Å². The Hall–Kier alpha value is -1.34. The molecule has 0 radical (unpaired) electrons. The number of hydrogen-bond donors (Lipinski definition) is 1. The fourth-order valence-electron chi connectivity index (χ4n) is 1.82. The Morgan fingerprint density at radius 3 is 2.79 bits per heavy atom. The maximum atomic E-state index is 6.05. The predicted octanol–water partition coefficient (Wildman–Crippen LogP) is 4.58. The van der Waals surface area contributed by atoms with Gasteiger partial charge in [0.1, 0.15) is 5.75 Å². The van der Waals surface area contributed by atoms with Gasteiger partial charge in [0, 0.05) is 6.07 Å². The molecular formula is C14H11IN2OS. The Balaban J connectivity index is 2.05. The second kappa shape index (κ2) is 4.97. The first-order valence-electron chi connectivity index (χ1n) is 5.72. The molecule has 0 amide bonds. The molecule has 5 heteroatoms. The maximum Gasteiger partial charge on any atom is 0.152 e. The molecule has 0 spiro atoms. The predicted molar refractivity (Wildman–Crippen MR) is 88.0 cm³/mol. The third kappa shape index (κ3) is 2.52. The van der Waals surface area contributed by atoms with Crippen molar-refractivity contribution in [2.24, 2.45) is 0 Å². The fraction of sp³-hybridized carbons (Fsp3) is 0.0714. The van der Waals surface area contributed by atoms with Gasteiger partial charge in [0.2, 0.25) is 0 Å². The van der Waals surface area contributed by atoms with Crippen molar-refractivity contribution in [2.45, 2.75) is 6.92 Å². The summed E-state index contributed by atoms with van der Waals surface area (Å²) in [4.78, 5) is 4.46. The van der Waals surface area contributed by atoms with Crippen molar-refractivity contribution in [3.63, 3.8) is 0 Å². The first-order valence-corrected chi connectivity index (χ1v) is 7.62. The van der Waals surface area contributed by atoms with Crippen LogP contribution in [-0.4, -0.2) is 4.98 Å². The summed E-state index contributed by atoms with van der Waals surface area (Å²) in [7, 11) is 0. The van der Waals surface area contributed by atoms with E-state index in [4.69, 9.17) is 10.5 Å². The minimum atomic E-state index is 0.635. The molecule has 0 saturated carbocycles. The molecule has 0 unspecified atom stereocenters. The van der Waals surface area contributed by atoms with Crippen LogP contribution in [0.5, 0.6) is 11.5 Å². The van der Waals surface area contributed by atoms with E-state index in [-0.39, 0.29) is 0 Å². The number of hydrogen-bond acceptors (Lipinski definition) is 4. The lowest BCUT2D eigenvalue weighted by Crippen LogP contribution is -1.93.